The standard InChI is InChI=1S/C12H17ClN2OS/c1-12(2,7-14)15-11(16)9-6-8(17-3)4-5-10(9)13/h4-6H,7,14H2,1-3H3,(H,15,16). The third-order valence-electron chi connectivity index (χ3n) is 2.38. The van der Waals surface area contributed by atoms with E-state index in [0.29, 0.717) is 17.1 Å². The molecular weight excluding hydrogens is 256 g/mol. The van der Waals surface area contributed by atoms with Crippen LogP contribution in [0.25, 0.3) is 0 Å². The molecule has 0 unspecified atom stereocenters. The molecule has 0 fully saturated rings. The van der Waals surface area contributed by atoms with Gasteiger partial charge < -0.3 is 11.1 Å². The molecule has 0 aliphatic heterocycles. The molecule has 1 aromatic carbocycles. The van der Waals surface area contributed by atoms with E-state index in [1.807, 2.05) is 26.2 Å². The summed E-state index contributed by atoms with van der Waals surface area (Å²) < 4.78 is 0. The van der Waals surface area contributed by atoms with Gasteiger partial charge in [-0.15, -0.1) is 11.8 Å². The van der Waals surface area contributed by atoms with Gasteiger partial charge in [0.05, 0.1) is 10.6 Å². The van der Waals surface area contributed by atoms with Crippen LogP contribution in [0.5, 0.6) is 0 Å². The molecule has 0 saturated heterocycles. The maximum absolute atomic E-state index is 12.0. The molecule has 1 amide bonds. The molecule has 17 heavy (non-hydrogen) atoms. The number of carbonyl (C=O) groups excluding carboxylic acids is 1. The summed E-state index contributed by atoms with van der Waals surface area (Å²) >= 11 is 7.59. The van der Waals surface area contributed by atoms with Gasteiger partial charge in [0.15, 0.2) is 0 Å². The molecule has 0 aliphatic rings. The summed E-state index contributed by atoms with van der Waals surface area (Å²) in [7, 11) is 0. The Morgan fingerprint density at radius 3 is 2.71 bits per heavy atom. The molecule has 0 aromatic heterocycles. The highest BCUT2D eigenvalue weighted by Gasteiger charge is 2.20. The molecule has 0 spiro atoms. The smallest absolute Gasteiger partial charge is 0.253 e. The molecule has 0 radical (unpaired) electrons. The van der Waals surface area contributed by atoms with Crippen LogP contribution in [0.4, 0.5) is 0 Å². The lowest BCUT2D eigenvalue weighted by molar-refractivity contribution is 0.0915. The Kier molecular flexibility index (Phi) is 4.86. The average Bonchev–Trinajstić information content (AvgIpc) is 2.29. The van der Waals surface area contributed by atoms with Crippen molar-refractivity contribution < 1.29 is 4.79 Å². The van der Waals surface area contributed by atoms with Gasteiger partial charge in [0, 0.05) is 17.0 Å². The fourth-order valence-electron chi connectivity index (χ4n) is 1.23. The van der Waals surface area contributed by atoms with Gasteiger partial charge in [0.2, 0.25) is 0 Å². The van der Waals surface area contributed by atoms with Crippen molar-refractivity contribution in [1.29, 1.82) is 0 Å². The molecule has 0 atom stereocenters. The summed E-state index contributed by atoms with van der Waals surface area (Å²) in [6.07, 6.45) is 1.95. The highest BCUT2D eigenvalue weighted by molar-refractivity contribution is 7.98. The van der Waals surface area contributed by atoms with Gasteiger partial charge in [-0.1, -0.05) is 11.6 Å². The van der Waals surface area contributed by atoms with Crippen molar-refractivity contribution in [2.45, 2.75) is 24.3 Å². The SMILES string of the molecule is CSc1ccc(Cl)c(C(=O)NC(C)(C)CN)c1. The second-order valence-electron chi connectivity index (χ2n) is 4.39. The van der Waals surface area contributed by atoms with Crippen molar-refractivity contribution >= 4 is 29.3 Å². The van der Waals surface area contributed by atoms with Crippen LogP contribution < -0.4 is 11.1 Å². The van der Waals surface area contributed by atoms with Crippen molar-refractivity contribution in [1.82, 2.24) is 5.32 Å². The predicted octanol–water partition coefficient (Wildman–Crippen LogP) is 2.53. The van der Waals surface area contributed by atoms with E-state index in [9.17, 15) is 4.79 Å². The second kappa shape index (κ2) is 5.76. The Morgan fingerprint density at radius 2 is 2.18 bits per heavy atom. The van der Waals surface area contributed by atoms with Crippen LogP contribution in [0.15, 0.2) is 23.1 Å². The zero-order valence-electron chi connectivity index (χ0n) is 10.2. The summed E-state index contributed by atoms with van der Waals surface area (Å²) in [6, 6.07) is 5.41. The number of thioether (sulfide) groups is 1. The maximum Gasteiger partial charge on any atom is 0.253 e. The van der Waals surface area contributed by atoms with E-state index in [2.05, 4.69) is 5.32 Å². The van der Waals surface area contributed by atoms with Crippen molar-refractivity contribution in [2.24, 2.45) is 5.73 Å². The number of nitrogens with one attached hydrogen (secondary N) is 1. The quantitative estimate of drug-likeness (QED) is 0.828. The van der Waals surface area contributed by atoms with E-state index in [1.54, 1.807) is 23.9 Å². The zero-order chi connectivity index (χ0) is 13.1. The minimum absolute atomic E-state index is 0.193. The van der Waals surface area contributed by atoms with E-state index < -0.39 is 5.54 Å². The molecule has 5 heteroatoms. The summed E-state index contributed by atoms with van der Waals surface area (Å²) in [4.78, 5) is 13.1. The minimum Gasteiger partial charge on any atom is -0.346 e. The van der Waals surface area contributed by atoms with Crippen molar-refractivity contribution in [2.75, 3.05) is 12.8 Å². The number of halogens is 1. The number of carbonyl (C=O) groups is 1. The van der Waals surface area contributed by atoms with E-state index in [0.717, 1.165) is 4.90 Å². The Bertz CT molecular complexity index is 421. The van der Waals surface area contributed by atoms with E-state index in [4.69, 9.17) is 17.3 Å². The van der Waals surface area contributed by atoms with Crippen molar-refractivity contribution in [3.8, 4) is 0 Å². The lowest BCUT2D eigenvalue weighted by atomic mass is 10.1. The van der Waals surface area contributed by atoms with Crippen LogP contribution in [-0.2, 0) is 0 Å². The zero-order valence-corrected chi connectivity index (χ0v) is 11.8. The average molecular weight is 273 g/mol. The monoisotopic (exact) mass is 272 g/mol. The topological polar surface area (TPSA) is 55.1 Å². The first-order valence-corrected chi connectivity index (χ1v) is 6.86. The largest absolute Gasteiger partial charge is 0.346 e. The lowest BCUT2D eigenvalue weighted by Gasteiger charge is -2.24. The van der Waals surface area contributed by atoms with E-state index in [1.165, 1.54) is 0 Å². The molecule has 0 saturated carbocycles. The molecule has 3 N–H and O–H groups in total. The summed E-state index contributed by atoms with van der Waals surface area (Å²) in [6.45, 7) is 4.12. The highest BCUT2D eigenvalue weighted by atomic mass is 35.5. The van der Waals surface area contributed by atoms with Crippen LogP contribution in [-0.4, -0.2) is 24.2 Å². The number of benzene rings is 1. The molecule has 1 aromatic rings. The van der Waals surface area contributed by atoms with Crippen LogP contribution in [0.2, 0.25) is 5.02 Å². The van der Waals surface area contributed by atoms with Crippen LogP contribution >= 0.6 is 23.4 Å². The first-order valence-electron chi connectivity index (χ1n) is 5.26. The normalized spacial score (nSPS) is 11.4. The first kappa shape index (κ1) is 14.4. The predicted molar refractivity (Wildman–Crippen MR) is 73.8 cm³/mol. The van der Waals surface area contributed by atoms with E-state index in [-0.39, 0.29) is 5.91 Å². The Hall–Kier alpha value is -0.710. The van der Waals surface area contributed by atoms with Crippen LogP contribution in [0.3, 0.4) is 0 Å². The summed E-state index contributed by atoms with van der Waals surface area (Å²) in [5, 5.41) is 3.31. The van der Waals surface area contributed by atoms with Gasteiger partial charge in [-0.05, 0) is 38.3 Å². The van der Waals surface area contributed by atoms with Crippen molar-refractivity contribution in [3.05, 3.63) is 28.8 Å². The van der Waals surface area contributed by atoms with Crippen LogP contribution in [0, 0.1) is 0 Å². The Labute approximate surface area is 111 Å². The molecule has 3 nitrogen and oxygen atoms in total. The number of hydrogen-bond acceptors (Lipinski definition) is 3. The van der Waals surface area contributed by atoms with Gasteiger partial charge in [0.1, 0.15) is 0 Å². The molecule has 0 bridgehead atoms. The van der Waals surface area contributed by atoms with Gasteiger partial charge >= 0.3 is 0 Å². The summed E-state index contributed by atoms with van der Waals surface area (Å²) in [5.74, 6) is -0.193. The first-order chi connectivity index (χ1) is 7.89. The van der Waals surface area contributed by atoms with Crippen LogP contribution in [0.1, 0.15) is 24.2 Å². The Morgan fingerprint density at radius 1 is 1.53 bits per heavy atom. The van der Waals surface area contributed by atoms with Gasteiger partial charge in [-0.3, -0.25) is 4.79 Å². The number of rotatable bonds is 4. The number of hydrogen-bond donors (Lipinski definition) is 2. The number of amides is 1. The third kappa shape index (κ3) is 3.91. The van der Waals surface area contributed by atoms with E-state index >= 15 is 0 Å². The van der Waals surface area contributed by atoms with Gasteiger partial charge in [0.25, 0.3) is 5.91 Å². The molecule has 0 heterocycles. The summed E-state index contributed by atoms with van der Waals surface area (Å²) in [5.41, 5.74) is 5.63. The molecule has 94 valence electrons. The lowest BCUT2D eigenvalue weighted by Crippen LogP contribution is -2.48. The molecule has 1 rings (SSSR count). The molecular formula is C12H17ClN2OS. The van der Waals surface area contributed by atoms with Gasteiger partial charge in [-0.25, -0.2) is 0 Å². The van der Waals surface area contributed by atoms with Crippen molar-refractivity contribution in [3.63, 3.8) is 0 Å². The maximum atomic E-state index is 12.0. The second-order valence-corrected chi connectivity index (χ2v) is 5.67. The fraction of sp³-hybridized carbons (Fsp3) is 0.417. The van der Waals surface area contributed by atoms with Gasteiger partial charge in [-0.2, -0.15) is 0 Å². The Balaban J connectivity index is 2.96. The third-order valence-corrected chi connectivity index (χ3v) is 3.44. The fourth-order valence-corrected chi connectivity index (χ4v) is 1.87. The minimum atomic E-state index is -0.435. The highest BCUT2D eigenvalue weighted by Crippen LogP contribution is 2.23. The number of nitrogens with two attached hydrogens (primary N) is 1. The molecule has 0 aliphatic carbocycles.